The van der Waals surface area contributed by atoms with Gasteiger partial charge in [0.25, 0.3) is 24.2 Å². The van der Waals surface area contributed by atoms with Crippen molar-refractivity contribution in [1.82, 2.24) is 9.97 Å². The molecule has 0 aliphatic carbocycles. The maximum Gasteiger partial charge on any atom is 0.265 e. The average Bonchev–Trinajstić information content (AvgIpc) is 3.56. The van der Waals surface area contributed by atoms with E-state index in [9.17, 15) is 13.2 Å². The van der Waals surface area contributed by atoms with E-state index in [1.165, 1.54) is 29.8 Å². The number of sulfonamides is 1. The molecule has 0 unspecified atom stereocenters. The van der Waals surface area contributed by atoms with E-state index in [1.54, 1.807) is 16.3 Å². The fraction of sp³-hybridized carbons (Fsp3) is 0.250. The number of pyridine rings is 1. The summed E-state index contributed by atoms with van der Waals surface area (Å²) < 4.78 is 34.9. The van der Waals surface area contributed by atoms with E-state index >= 15 is 0 Å². The van der Waals surface area contributed by atoms with Crippen molar-refractivity contribution in [2.45, 2.75) is 43.2 Å². The van der Waals surface area contributed by atoms with Gasteiger partial charge in [-0.25, -0.2) is 18.4 Å². The topological polar surface area (TPSA) is 101 Å². The van der Waals surface area contributed by atoms with Crippen LogP contribution in [0.1, 0.15) is 27.2 Å². The molecule has 5 rings (SSSR count). The Hall–Kier alpha value is -3.38. The maximum atomic E-state index is 13.7. The zero-order chi connectivity index (χ0) is 27.7. The predicted octanol–water partition coefficient (Wildman–Crippen LogP) is 4.02. The van der Waals surface area contributed by atoms with Gasteiger partial charge in [0.15, 0.2) is 5.13 Å². The second kappa shape index (κ2) is 10.6. The third kappa shape index (κ3) is 5.27. The summed E-state index contributed by atoms with van der Waals surface area (Å²) in [5, 5.41) is 3.91. The molecule has 2 aromatic heterocycles. The number of benzene rings is 2. The van der Waals surface area contributed by atoms with Crippen LogP contribution in [0, 0.1) is 0 Å². The molecule has 1 atom stereocenters. The van der Waals surface area contributed by atoms with Gasteiger partial charge in [0.2, 0.25) is 0 Å². The summed E-state index contributed by atoms with van der Waals surface area (Å²) in [5.41, 5.74) is 0. The van der Waals surface area contributed by atoms with Gasteiger partial charge in [-0.15, -0.1) is 11.3 Å². The van der Waals surface area contributed by atoms with E-state index in [2.05, 4.69) is 59.7 Å². The lowest BCUT2D eigenvalue weighted by atomic mass is 10.2. The second-order valence-corrected chi connectivity index (χ2v) is 17.2. The summed E-state index contributed by atoms with van der Waals surface area (Å²) in [6.07, 6.45) is 2.65. The molecule has 202 valence electrons. The standard InChI is InChI=1S/C28H30N4O4S2Si/c1-28(2,3)39(22-10-6-4-7-11-22,23-12-8-5-9-13-23)36-24-16-18-32(26(24)33)25-15-14-21(20-30-25)38(34,35)31-27-29-17-19-37-27/h4-15,17,19-20,24H,16,18H2,1-3H3,(H,29,31)/t24-/m1/s1. The van der Waals surface area contributed by atoms with Crippen LogP contribution in [0.4, 0.5) is 10.9 Å². The zero-order valence-corrected chi connectivity index (χ0v) is 24.6. The van der Waals surface area contributed by atoms with Gasteiger partial charge in [0.05, 0.1) is 0 Å². The van der Waals surface area contributed by atoms with Crippen molar-refractivity contribution in [2.24, 2.45) is 0 Å². The zero-order valence-electron chi connectivity index (χ0n) is 21.9. The molecule has 1 amide bonds. The largest absolute Gasteiger partial charge is 0.395 e. The Morgan fingerprint density at radius 1 is 0.974 bits per heavy atom. The molecule has 39 heavy (non-hydrogen) atoms. The van der Waals surface area contributed by atoms with Crippen LogP contribution in [-0.4, -0.2) is 45.3 Å². The van der Waals surface area contributed by atoms with Gasteiger partial charge in [-0.05, 0) is 34.0 Å². The number of nitrogens with one attached hydrogen (secondary N) is 1. The van der Waals surface area contributed by atoms with Gasteiger partial charge >= 0.3 is 0 Å². The minimum Gasteiger partial charge on any atom is -0.395 e. The number of anilines is 2. The molecule has 0 saturated carbocycles. The quantitative estimate of drug-likeness (QED) is 0.317. The Kier molecular flexibility index (Phi) is 7.42. The van der Waals surface area contributed by atoms with Crippen molar-refractivity contribution in [3.05, 3.63) is 90.6 Å². The number of hydrogen-bond acceptors (Lipinski definition) is 7. The number of hydrogen-bond donors (Lipinski definition) is 1. The first-order valence-electron chi connectivity index (χ1n) is 12.6. The van der Waals surface area contributed by atoms with E-state index in [4.69, 9.17) is 4.43 Å². The normalized spacial score (nSPS) is 16.4. The first-order valence-corrected chi connectivity index (χ1v) is 16.9. The number of thiazole rings is 1. The summed E-state index contributed by atoms with van der Waals surface area (Å²) in [7, 11) is -6.75. The van der Waals surface area contributed by atoms with Crippen molar-refractivity contribution < 1.29 is 17.6 Å². The van der Waals surface area contributed by atoms with Crippen LogP contribution < -0.4 is 20.0 Å². The molecule has 4 aromatic rings. The van der Waals surface area contributed by atoms with Gasteiger partial charge in [-0.3, -0.25) is 14.4 Å². The molecule has 11 heteroatoms. The maximum absolute atomic E-state index is 13.7. The highest BCUT2D eigenvalue weighted by molar-refractivity contribution is 7.93. The third-order valence-electron chi connectivity index (χ3n) is 6.85. The summed E-state index contributed by atoms with van der Waals surface area (Å²) in [6.45, 7) is 6.96. The molecular weight excluding hydrogens is 549 g/mol. The first kappa shape index (κ1) is 27.2. The fourth-order valence-corrected chi connectivity index (χ4v) is 11.4. The molecule has 1 fully saturated rings. The van der Waals surface area contributed by atoms with E-state index in [1.807, 2.05) is 36.4 Å². The fourth-order valence-electron chi connectivity index (χ4n) is 5.03. The Bertz CT molecular complexity index is 1490. The van der Waals surface area contributed by atoms with Gasteiger partial charge in [-0.2, -0.15) is 0 Å². The molecule has 1 saturated heterocycles. The highest BCUT2D eigenvalue weighted by atomic mass is 32.2. The molecule has 1 N–H and O–H groups in total. The lowest BCUT2D eigenvalue weighted by molar-refractivity contribution is -0.123. The molecule has 2 aromatic carbocycles. The van der Waals surface area contributed by atoms with Gasteiger partial charge in [-0.1, -0.05) is 81.4 Å². The van der Waals surface area contributed by atoms with E-state index in [0.717, 1.165) is 10.4 Å². The van der Waals surface area contributed by atoms with Crippen LogP contribution in [0.2, 0.25) is 5.04 Å². The van der Waals surface area contributed by atoms with Crippen LogP contribution >= 0.6 is 11.3 Å². The highest BCUT2D eigenvalue weighted by Crippen LogP contribution is 2.39. The Morgan fingerprint density at radius 2 is 1.62 bits per heavy atom. The number of amides is 1. The van der Waals surface area contributed by atoms with Gasteiger partial charge in [0.1, 0.15) is 16.8 Å². The molecule has 3 heterocycles. The molecule has 8 nitrogen and oxygen atoms in total. The van der Waals surface area contributed by atoms with Crippen LogP contribution in [0.15, 0.2) is 95.5 Å². The monoisotopic (exact) mass is 578 g/mol. The Labute approximate surface area is 233 Å². The Balaban J connectivity index is 1.42. The number of carbonyl (C=O) groups excluding carboxylic acids is 1. The minimum atomic E-state index is -3.84. The minimum absolute atomic E-state index is 0.00629. The molecule has 1 aliphatic heterocycles. The van der Waals surface area contributed by atoms with E-state index in [-0.39, 0.29) is 21.0 Å². The van der Waals surface area contributed by atoms with Crippen LogP contribution in [0.3, 0.4) is 0 Å². The van der Waals surface area contributed by atoms with E-state index < -0.39 is 24.4 Å². The smallest absolute Gasteiger partial charge is 0.265 e. The van der Waals surface area contributed by atoms with Crippen LogP contribution in [0.5, 0.6) is 0 Å². The average molecular weight is 579 g/mol. The summed E-state index contributed by atoms with van der Waals surface area (Å²) in [4.78, 5) is 23.6. The van der Waals surface area contributed by atoms with Crippen molar-refractivity contribution >= 4 is 56.9 Å². The molecule has 0 spiro atoms. The summed E-state index contributed by atoms with van der Waals surface area (Å²) >= 11 is 1.19. The first-order chi connectivity index (χ1) is 18.6. The molecule has 0 bridgehead atoms. The number of nitrogens with zero attached hydrogens (tertiary/aromatic N) is 3. The molecule has 1 aliphatic rings. The number of rotatable bonds is 8. The highest BCUT2D eigenvalue weighted by Gasteiger charge is 2.53. The predicted molar refractivity (Wildman–Crippen MR) is 157 cm³/mol. The van der Waals surface area contributed by atoms with Crippen LogP contribution in [0.25, 0.3) is 0 Å². The SMILES string of the molecule is CC(C)(C)[Si](O[C@@H]1CCN(c2ccc(S(=O)(=O)Nc3nccs3)cn2)C1=O)(c1ccccc1)c1ccccc1. The number of aromatic nitrogens is 2. The molecule has 0 radical (unpaired) electrons. The van der Waals surface area contributed by atoms with Crippen molar-refractivity contribution in [2.75, 3.05) is 16.2 Å². The Morgan fingerprint density at radius 3 is 2.13 bits per heavy atom. The summed E-state index contributed by atoms with van der Waals surface area (Å²) in [5.74, 6) is 0.216. The van der Waals surface area contributed by atoms with Crippen molar-refractivity contribution in [1.29, 1.82) is 0 Å². The van der Waals surface area contributed by atoms with Gasteiger partial charge in [0, 0.05) is 24.3 Å². The third-order valence-corrected chi connectivity index (χ3v) is 14.0. The van der Waals surface area contributed by atoms with Crippen molar-refractivity contribution in [3.63, 3.8) is 0 Å². The molecular formula is C28H30N4O4S2Si. The van der Waals surface area contributed by atoms with E-state index in [0.29, 0.717) is 18.8 Å². The van der Waals surface area contributed by atoms with Crippen molar-refractivity contribution in [3.8, 4) is 0 Å². The lowest BCUT2D eigenvalue weighted by Crippen LogP contribution is -2.68. The second-order valence-electron chi connectivity index (χ2n) is 10.3. The van der Waals surface area contributed by atoms with Crippen LogP contribution in [-0.2, 0) is 19.2 Å². The number of carbonyl (C=O) groups is 1. The lowest BCUT2D eigenvalue weighted by Gasteiger charge is -2.44. The van der Waals surface area contributed by atoms with Gasteiger partial charge < -0.3 is 4.43 Å². The summed E-state index contributed by atoms with van der Waals surface area (Å²) in [6, 6.07) is 23.4.